The van der Waals surface area contributed by atoms with Gasteiger partial charge in [0.15, 0.2) is 11.0 Å². The van der Waals surface area contributed by atoms with Gasteiger partial charge >= 0.3 is 0 Å². The molecule has 44 heavy (non-hydrogen) atoms. The highest BCUT2D eigenvalue weighted by Gasteiger charge is 2.26. The van der Waals surface area contributed by atoms with E-state index in [2.05, 4.69) is 15.5 Å². The van der Waals surface area contributed by atoms with Crippen molar-refractivity contribution in [3.05, 3.63) is 83.7 Å². The first-order valence-corrected chi connectivity index (χ1v) is 16.0. The van der Waals surface area contributed by atoms with Crippen LogP contribution >= 0.6 is 11.8 Å². The highest BCUT2D eigenvalue weighted by molar-refractivity contribution is 7.99. The van der Waals surface area contributed by atoms with Crippen LogP contribution in [0, 0.1) is 0 Å². The van der Waals surface area contributed by atoms with Gasteiger partial charge in [0.2, 0.25) is 15.9 Å². The van der Waals surface area contributed by atoms with Gasteiger partial charge in [-0.15, -0.1) is 10.2 Å². The lowest BCUT2D eigenvalue weighted by molar-refractivity contribution is -0.116. The Morgan fingerprint density at radius 3 is 2.43 bits per heavy atom. The third kappa shape index (κ3) is 6.27. The average Bonchev–Trinajstić information content (AvgIpc) is 3.66. The number of sulfonamides is 1. The highest BCUT2D eigenvalue weighted by atomic mass is 32.2. The van der Waals surface area contributed by atoms with Gasteiger partial charge in [-0.25, -0.2) is 12.7 Å². The zero-order valence-electron chi connectivity index (χ0n) is 24.7. The van der Waals surface area contributed by atoms with Crippen molar-refractivity contribution in [2.45, 2.75) is 23.0 Å². The van der Waals surface area contributed by atoms with E-state index in [-0.39, 0.29) is 28.7 Å². The molecule has 12 nitrogen and oxygen atoms in total. The van der Waals surface area contributed by atoms with E-state index in [1.165, 1.54) is 57.2 Å². The second-order valence-electron chi connectivity index (χ2n) is 9.98. The number of nitrogens with one attached hydrogen (secondary N) is 1. The van der Waals surface area contributed by atoms with Crippen LogP contribution in [0.1, 0.15) is 21.7 Å². The summed E-state index contributed by atoms with van der Waals surface area (Å²) < 4.78 is 38.6. The van der Waals surface area contributed by atoms with Crippen LogP contribution in [0.15, 0.2) is 76.8 Å². The number of amides is 2. The van der Waals surface area contributed by atoms with E-state index in [4.69, 9.17) is 9.47 Å². The predicted octanol–water partition coefficient (Wildman–Crippen LogP) is 3.15. The van der Waals surface area contributed by atoms with E-state index >= 15 is 0 Å². The molecule has 0 fully saturated rings. The second kappa shape index (κ2) is 13.1. The van der Waals surface area contributed by atoms with Crippen molar-refractivity contribution in [2.24, 2.45) is 0 Å². The molecule has 0 spiro atoms. The van der Waals surface area contributed by atoms with Crippen molar-refractivity contribution in [1.29, 1.82) is 0 Å². The van der Waals surface area contributed by atoms with Gasteiger partial charge in [0, 0.05) is 38.0 Å². The smallest absolute Gasteiger partial charge is 0.251 e. The van der Waals surface area contributed by atoms with Crippen LogP contribution in [0.2, 0.25) is 0 Å². The Kier molecular flexibility index (Phi) is 9.22. The fraction of sp³-hybridized carbons (Fsp3) is 0.267. The molecule has 4 aromatic rings. The fourth-order valence-electron chi connectivity index (χ4n) is 4.77. The standard InChI is InChI=1S/C30H32N6O6S2/c1-34(2)44(39,40)23-12-9-21(10-13-23)29(38)31-18-27-32-33-30(36(27)25-14-11-22(41-3)17-26(25)42-4)43-19-28(37)35-16-15-20-7-5-6-8-24(20)35/h5-14,17H,15-16,18-19H2,1-4H3,(H,31,38). The molecule has 0 radical (unpaired) electrons. The summed E-state index contributed by atoms with van der Waals surface area (Å²) in [4.78, 5) is 28.1. The summed E-state index contributed by atoms with van der Waals surface area (Å²) in [7, 11) is 2.35. The number of fused-ring (bicyclic) bond motifs is 1. The number of methoxy groups -OCH3 is 2. The number of thioether (sulfide) groups is 1. The number of nitrogens with zero attached hydrogens (tertiary/aromatic N) is 5. The molecule has 0 atom stereocenters. The van der Waals surface area contributed by atoms with E-state index in [9.17, 15) is 18.0 Å². The molecule has 2 heterocycles. The number of carbonyl (C=O) groups is 2. The number of ether oxygens (including phenoxy) is 2. The molecule has 1 aliphatic heterocycles. The molecule has 1 aliphatic rings. The normalized spacial score (nSPS) is 12.7. The molecule has 14 heteroatoms. The summed E-state index contributed by atoms with van der Waals surface area (Å²) in [6.45, 7) is 0.615. The van der Waals surface area contributed by atoms with E-state index in [1.54, 1.807) is 34.8 Å². The van der Waals surface area contributed by atoms with Gasteiger partial charge in [-0.1, -0.05) is 30.0 Å². The Labute approximate surface area is 260 Å². The topological polar surface area (TPSA) is 136 Å². The number of carbonyl (C=O) groups excluding carboxylic acids is 2. The molecule has 1 aromatic heterocycles. The van der Waals surface area contributed by atoms with Crippen LogP contribution in [-0.4, -0.2) is 79.9 Å². The molecule has 0 aliphatic carbocycles. The third-order valence-electron chi connectivity index (χ3n) is 7.14. The lowest BCUT2D eigenvalue weighted by Gasteiger charge is -2.18. The molecule has 1 N–H and O–H groups in total. The van der Waals surface area contributed by atoms with Gasteiger partial charge in [0.05, 0.1) is 37.1 Å². The molecule has 5 rings (SSSR count). The monoisotopic (exact) mass is 636 g/mol. The minimum atomic E-state index is -3.62. The van der Waals surface area contributed by atoms with Gasteiger partial charge in [0.1, 0.15) is 11.5 Å². The zero-order valence-corrected chi connectivity index (χ0v) is 26.3. The van der Waals surface area contributed by atoms with Crippen molar-refractivity contribution in [1.82, 2.24) is 24.4 Å². The van der Waals surface area contributed by atoms with E-state index in [0.717, 1.165) is 22.0 Å². The second-order valence-corrected chi connectivity index (χ2v) is 13.1. The fourth-order valence-corrected chi connectivity index (χ4v) is 6.51. The highest BCUT2D eigenvalue weighted by Crippen LogP contribution is 2.33. The molecule has 2 amide bonds. The Morgan fingerprint density at radius 2 is 1.73 bits per heavy atom. The van der Waals surface area contributed by atoms with Crippen LogP contribution in [0.4, 0.5) is 5.69 Å². The van der Waals surface area contributed by atoms with Crippen LogP contribution in [0.25, 0.3) is 5.69 Å². The molecule has 0 saturated heterocycles. The largest absolute Gasteiger partial charge is 0.497 e. The van der Waals surface area contributed by atoms with Crippen LogP contribution in [0.3, 0.4) is 0 Å². The SMILES string of the molecule is COc1ccc(-n2c(CNC(=O)c3ccc(S(=O)(=O)N(C)C)cc3)nnc2SCC(=O)N2CCc3ccccc32)c(OC)c1. The van der Waals surface area contributed by atoms with E-state index in [0.29, 0.717) is 34.7 Å². The maximum absolute atomic E-state index is 13.2. The van der Waals surface area contributed by atoms with Gasteiger partial charge < -0.3 is 19.7 Å². The first-order valence-electron chi connectivity index (χ1n) is 13.6. The molecule has 0 bridgehead atoms. The van der Waals surface area contributed by atoms with Gasteiger partial charge in [0.25, 0.3) is 5.91 Å². The Balaban J connectivity index is 1.38. The van der Waals surface area contributed by atoms with Crippen LogP contribution in [-0.2, 0) is 27.8 Å². The van der Waals surface area contributed by atoms with Crippen molar-refractivity contribution in [3.8, 4) is 17.2 Å². The molecular formula is C30H32N6O6S2. The van der Waals surface area contributed by atoms with Crippen molar-refractivity contribution >= 4 is 39.3 Å². The first-order chi connectivity index (χ1) is 21.1. The summed E-state index contributed by atoms with van der Waals surface area (Å²) in [6, 6.07) is 18.8. The molecule has 0 saturated carbocycles. The van der Waals surface area contributed by atoms with Crippen LogP contribution < -0.4 is 19.7 Å². The molecule has 0 unspecified atom stereocenters. The molecular weight excluding hydrogens is 605 g/mol. The number of hydrogen-bond donors (Lipinski definition) is 1. The van der Waals surface area contributed by atoms with Crippen molar-refractivity contribution < 1.29 is 27.5 Å². The Morgan fingerprint density at radius 1 is 0.977 bits per heavy atom. The van der Waals surface area contributed by atoms with Gasteiger partial charge in [-0.2, -0.15) is 0 Å². The van der Waals surface area contributed by atoms with E-state index < -0.39 is 15.9 Å². The number of aromatic nitrogens is 3. The maximum atomic E-state index is 13.2. The first kappa shape index (κ1) is 31.0. The van der Waals surface area contributed by atoms with Crippen molar-refractivity contribution in [3.63, 3.8) is 0 Å². The number of anilines is 1. The Bertz CT molecular complexity index is 1790. The molecule has 3 aromatic carbocycles. The average molecular weight is 637 g/mol. The van der Waals surface area contributed by atoms with Gasteiger partial charge in [-0.05, 0) is 54.4 Å². The number of rotatable bonds is 11. The minimum Gasteiger partial charge on any atom is -0.497 e. The van der Waals surface area contributed by atoms with E-state index in [1.807, 2.05) is 24.3 Å². The lowest BCUT2D eigenvalue weighted by Crippen LogP contribution is -2.30. The third-order valence-corrected chi connectivity index (χ3v) is 9.89. The summed E-state index contributed by atoms with van der Waals surface area (Å²) in [5, 5.41) is 12.0. The lowest BCUT2D eigenvalue weighted by atomic mass is 10.2. The maximum Gasteiger partial charge on any atom is 0.251 e. The quantitative estimate of drug-likeness (QED) is 0.246. The summed E-state index contributed by atoms with van der Waals surface area (Å²) >= 11 is 1.24. The summed E-state index contributed by atoms with van der Waals surface area (Å²) in [6.07, 6.45) is 0.809. The molecule has 230 valence electrons. The summed E-state index contributed by atoms with van der Waals surface area (Å²) in [5.41, 5.74) is 2.94. The predicted molar refractivity (Wildman–Crippen MR) is 166 cm³/mol. The minimum absolute atomic E-state index is 0.00717. The zero-order chi connectivity index (χ0) is 31.4. The Hall–Kier alpha value is -4.40. The number of para-hydroxylation sites is 1. The summed E-state index contributed by atoms with van der Waals surface area (Å²) in [5.74, 6) is 1.12. The van der Waals surface area contributed by atoms with Crippen molar-refractivity contribution in [2.75, 3.05) is 45.5 Å². The number of hydrogen-bond acceptors (Lipinski definition) is 9. The van der Waals surface area contributed by atoms with Gasteiger partial charge in [-0.3, -0.25) is 14.2 Å². The number of benzene rings is 3. The van der Waals surface area contributed by atoms with Crippen LogP contribution in [0.5, 0.6) is 11.5 Å².